The molecular formula is C28H38N2O5. The van der Waals surface area contributed by atoms with Gasteiger partial charge in [0.15, 0.2) is 0 Å². The van der Waals surface area contributed by atoms with Gasteiger partial charge in [-0.3, -0.25) is 9.69 Å². The van der Waals surface area contributed by atoms with Gasteiger partial charge in [0.05, 0.1) is 19.3 Å². The van der Waals surface area contributed by atoms with Crippen molar-refractivity contribution in [3.63, 3.8) is 0 Å². The maximum Gasteiger partial charge on any atom is 0.412 e. The largest absolute Gasteiger partial charge is 0.468 e. The van der Waals surface area contributed by atoms with Crippen molar-refractivity contribution < 1.29 is 23.8 Å². The van der Waals surface area contributed by atoms with Crippen LogP contribution >= 0.6 is 0 Å². The Hall–Kier alpha value is -2.90. The summed E-state index contributed by atoms with van der Waals surface area (Å²) in [6, 6.07) is 19.1. The molecule has 0 aliphatic carbocycles. The van der Waals surface area contributed by atoms with Crippen LogP contribution in [0.1, 0.15) is 52.2 Å². The standard InChI is InChI=1S/C28H38N2O5/c1-26(2,3)35-25(32)30-22(17-20-13-9-7-10-14-20)23(34-27(30,4)5)19-28(29,24(31)33-6)18-21-15-11-8-12-16-21/h7-16,22-23H,17-19,29H2,1-6H3/t22-,23-,28-/m0/s1. The van der Waals surface area contributed by atoms with Crippen LogP contribution in [-0.4, -0.2) is 53.1 Å². The van der Waals surface area contributed by atoms with Gasteiger partial charge in [-0.05, 0) is 52.2 Å². The summed E-state index contributed by atoms with van der Waals surface area (Å²) >= 11 is 0. The molecule has 7 heteroatoms. The zero-order chi connectivity index (χ0) is 25.9. The first-order chi connectivity index (χ1) is 16.3. The van der Waals surface area contributed by atoms with Crippen molar-refractivity contribution in [3.8, 4) is 0 Å². The van der Waals surface area contributed by atoms with Crippen molar-refractivity contribution in [1.29, 1.82) is 0 Å². The molecule has 2 aromatic rings. The predicted octanol–water partition coefficient (Wildman–Crippen LogP) is 4.47. The molecule has 1 fully saturated rings. The molecule has 7 nitrogen and oxygen atoms in total. The third kappa shape index (κ3) is 6.61. The van der Waals surface area contributed by atoms with Crippen molar-refractivity contribution in [2.24, 2.45) is 5.73 Å². The van der Waals surface area contributed by atoms with E-state index in [4.69, 9.17) is 19.9 Å². The fraction of sp³-hybridized carbons (Fsp3) is 0.500. The number of hydrogen-bond acceptors (Lipinski definition) is 6. The Morgan fingerprint density at radius 3 is 2.06 bits per heavy atom. The molecule has 1 aliphatic heterocycles. The van der Waals surface area contributed by atoms with Crippen LogP contribution in [0.4, 0.5) is 4.79 Å². The second-order valence-electron chi connectivity index (χ2n) is 10.7. The maximum absolute atomic E-state index is 13.4. The molecule has 3 rings (SSSR count). The highest BCUT2D eigenvalue weighted by Crippen LogP contribution is 2.39. The van der Waals surface area contributed by atoms with E-state index in [1.165, 1.54) is 7.11 Å². The summed E-state index contributed by atoms with van der Waals surface area (Å²) < 4.78 is 17.3. The lowest BCUT2D eigenvalue weighted by molar-refractivity contribution is -0.149. The van der Waals surface area contributed by atoms with Gasteiger partial charge in [0, 0.05) is 12.8 Å². The summed E-state index contributed by atoms with van der Waals surface area (Å²) in [7, 11) is 1.34. The van der Waals surface area contributed by atoms with E-state index in [-0.39, 0.29) is 12.8 Å². The van der Waals surface area contributed by atoms with Crippen LogP contribution in [0.3, 0.4) is 0 Å². The summed E-state index contributed by atoms with van der Waals surface area (Å²) in [6.45, 7) is 9.17. The Labute approximate surface area is 208 Å². The molecule has 0 saturated carbocycles. The predicted molar refractivity (Wildman–Crippen MR) is 135 cm³/mol. The summed E-state index contributed by atoms with van der Waals surface area (Å²) in [5, 5.41) is 0. The molecule has 0 unspecified atom stereocenters. The normalized spacial score (nSPS) is 21.3. The molecule has 0 spiro atoms. The topological polar surface area (TPSA) is 91.1 Å². The fourth-order valence-electron chi connectivity index (χ4n) is 4.74. The minimum absolute atomic E-state index is 0.175. The lowest BCUT2D eigenvalue weighted by atomic mass is 9.83. The van der Waals surface area contributed by atoms with E-state index in [2.05, 4.69) is 0 Å². The Kier molecular flexibility index (Phi) is 7.92. The van der Waals surface area contributed by atoms with Crippen molar-refractivity contribution in [2.75, 3.05) is 7.11 Å². The highest BCUT2D eigenvalue weighted by atomic mass is 16.6. The summed E-state index contributed by atoms with van der Waals surface area (Å²) in [5.74, 6) is -0.517. The van der Waals surface area contributed by atoms with Crippen molar-refractivity contribution in [3.05, 3.63) is 71.8 Å². The fourth-order valence-corrected chi connectivity index (χ4v) is 4.74. The quantitative estimate of drug-likeness (QED) is 0.586. The molecule has 1 heterocycles. The zero-order valence-electron chi connectivity index (χ0n) is 21.6. The summed E-state index contributed by atoms with van der Waals surface area (Å²) in [6.07, 6.45) is -0.00291. The number of ether oxygens (including phenoxy) is 3. The van der Waals surface area contributed by atoms with E-state index in [9.17, 15) is 9.59 Å². The minimum atomic E-state index is -1.34. The number of carbonyl (C=O) groups excluding carboxylic acids is 2. The van der Waals surface area contributed by atoms with E-state index in [0.717, 1.165) is 11.1 Å². The second kappa shape index (κ2) is 10.4. The molecule has 1 amide bonds. The number of amides is 1. The van der Waals surface area contributed by atoms with E-state index in [0.29, 0.717) is 6.42 Å². The minimum Gasteiger partial charge on any atom is -0.468 e. The number of hydrogen-bond donors (Lipinski definition) is 1. The Balaban J connectivity index is 1.98. The Morgan fingerprint density at radius 2 is 1.54 bits per heavy atom. The van der Waals surface area contributed by atoms with Crippen LogP contribution in [0, 0.1) is 0 Å². The Morgan fingerprint density at radius 1 is 1.00 bits per heavy atom. The molecule has 190 valence electrons. The molecule has 1 saturated heterocycles. The van der Waals surface area contributed by atoms with Gasteiger partial charge >= 0.3 is 12.1 Å². The van der Waals surface area contributed by atoms with Gasteiger partial charge in [-0.15, -0.1) is 0 Å². The van der Waals surface area contributed by atoms with Crippen LogP contribution in [0.5, 0.6) is 0 Å². The van der Waals surface area contributed by atoms with Gasteiger partial charge in [0.1, 0.15) is 16.9 Å². The number of benzene rings is 2. The van der Waals surface area contributed by atoms with Crippen LogP contribution in [0.25, 0.3) is 0 Å². The van der Waals surface area contributed by atoms with E-state index in [1.807, 2.05) is 95.3 Å². The van der Waals surface area contributed by atoms with Crippen LogP contribution in [0.2, 0.25) is 0 Å². The monoisotopic (exact) mass is 482 g/mol. The first-order valence-corrected chi connectivity index (χ1v) is 12.0. The van der Waals surface area contributed by atoms with Gasteiger partial charge in [-0.2, -0.15) is 0 Å². The first-order valence-electron chi connectivity index (χ1n) is 12.0. The number of rotatable bonds is 7. The lowest BCUT2D eigenvalue weighted by Crippen LogP contribution is -2.55. The summed E-state index contributed by atoms with van der Waals surface area (Å²) in [5.41, 5.74) is 5.74. The SMILES string of the molecule is COC(=O)[C@](N)(Cc1ccccc1)C[C@@H]1OC(C)(C)N(C(=O)OC(C)(C)C)[C@H]1Cc1ccccc1. The first kappa shape index (κ1) is 26.7. The van der Waals surface area contributed by atoms with Gasteiger partial charge < -0.3 is 19.9 Å². The van der Waals surface area contributed by atoms with Crippen LogP contribution < -0.4 is 5.73 Å². The molecule has 2 aromatic carbocycles. The van der Waals surface area contributed by atoms with Gasteiger partial charge in [-0.1, -0.05) is 60.7 Å². The van der Waals surface area contributed by atoms with Crippen LogP contribution in [-0.2, 0) is 31.8 Å². The number of nitrogens with zero attached hydrogens (tertiary/aromatic N) is 1. The smallest absolute Gasteiger partial charge is 0.412 e. The third-order valence-electron chi connectivity index (χ3n) is 6.18. The number of esters is 1. The molecule has 2 N–H and O–H groups in total. The van der Waals surface area contributed by atoms with E-state index >= 15 is 0 Å². The zero-order valence-corrected chi connectivity index (χ0v) is 21.6. The molecule has 0 radical (unpaired) electrons. The van der Waals surface area contributed by atoms with E-state index < -0.39 is 41.1 Å². The van der Waals surface area contributed by atoms with E-state index in [1.54, 1.807) is 4.90 Å². The number of methoxy groups -OCH3 is 1. The van der Waals surface area contributed by atoms with Crippen molar-refractivity contribution in [2.45, 2.75) is 82.9 Å². The van der Waals surface area contributed by atoms with Crippen LogP contribution in [0.15, 0.2) is 60.7 Å². The Bertz CT molecular complexity index is 1000. The highest BCUT2D eigenvalue weighted by molar-refractivity contribution is 5.81. The van der Waals surface area contributed by atoms with Crippen molar-refractivity contribution >= 4 is 12.1 Å². The summed E-state index contributed by atoms with van der Waals surface area (Å²) in [4.78, 5) is 28.0. The average Bonchev–Trinajstić information content (AvgIpc) is 3.01. The molecule has 3 atom stereocenters. The molecule has 35 heavy (non-hydrogen) atoms. The number of carbonyl (C=O) groups is 2. The van der Waals surface area contributed by atoms with Gasteiger partial charge in [-0.25, -0.2) is 4.79 Å². The van der Waals surface area contributed by atoms with Gasteiger partial charge in [0.25, 0.3) is 0 Å². The average molecular weight is 483 g/mol. The third-order valence-corrected chi connectivity index (χ3v) is 6.18. The molecule has 0 bridgehead atoms. The highest BCUT2D eigenvalue weighted by Gasteiger charge is 2.54. The maximum atomic E-state index is 13.4. The number of nitrogens with two attached hydrogens (primary N) is 1. The van der Waals surface area contributed by atoms with Gasteiger partial charge in [0.2, 0.25) is 0 Å². The molecule has 0 aromatic heterocycles. The molecule has 1 aliphatic rings. The van der Waals surface area contributed by atoms with Crippen molar-refractivity contribution in [1.82, 2.24) is 4.90 Å². The lowest BCUT2D eigenvalue weighted by Gasteiger charge is -2.35. The second-order valence-corrected chi connectivity index (χ2v) is 10.7. The molecular weight excluding hydrogens is 444 g/mol.